The molecular weight excluding hydrogens is 376 g/mol. The molecule has 19 heavy (non-hydrogen) atoms. The van der Waals surface area contributed by atoms with Gasteiger partial charge >= 0.3 is 0 Å². The van der Waals surface area contributed by atoms with Gasteiger partial charge in [0.1, 0.15) is 0 Å². The largest absolute Gasteiger partial charge is 0.446 e. The first-order valence-corrected chi connectivity index (χ1v) is 7.00. The van der Waals surface area contributed by atoms with Gasteiger partial charge in [0.2, 0.25) is 5.76 Å². The molecular formula is C13H8Br2N2O2. The Morgan fingerprint density at radius 1 is 1.00 bits per heavy atom. The van der Waals surface area contributed by atoms with Gasteiger partial charge in [-0.05, 0) is 45.8 Å². The van der Waals surface area contributed by atoms with E-state index in [9.17, 15) is 0 Å². The van der Waals surface area contributed by atoms with Crippen LogP contribution in [0, 0.1) is 0 Å². The Morgan fingerprint density at radius 3 is 2.37 bits per heavy atom. The minimum absolute atomic E-state index is 0.338. The van der Waals surface area contributed by atoms with Crippen LogP contribution < -0.4 is 5.73 Å². The lowest BCUT2D eigenvalue weighted by Gasteiger charge is -2.01. The van der Waals surface area contributed by atoms with E-state index in [1.807, 2.05) is 24.3 Å². The fourth-order valence-corrected chi connectivity index (χ4v) is 2.37. The summed E-state index contributed by atoms with van der Waals surface area (Å²) in [5, 5.41) is 3.82. The van der Waals surface area contributed by atoms with E-state index in [0.29, 0.717) is 22.0 Å². The van der Waals surface area contributed by atoms with E-state index >= 15 is 0 Å². The number of nitrogen functional groups attached to an aromatic ring is 1. The molecule has 3 aromatic rings. The van der Waals surface area contributed by atoms with Crippen LogP contribution in [-0.4, -0.2) is 5.16 Å². The van der Waals surface area contributed by atoms with Gasteiger partial charge in [-0.2, -0.15) is 0 Å². The number of halogens is 2. The Morgan fingerprint density at radius 2 is 1.74 bits per heavy atom. The maximum atomic E-state index is 5.89. The number of hydrogen-bond acceptors (Lipinski definition) is 4. The summed E-state index contributed by atoms with van der Waals surface area (Å²) in [5.41, 5.74) is 7.54. The predicted octanol–water partition coefficient (Wildman–Crippen LogP) is 4.71. The first kappa shape index (κ1) is 12.5. The smallest absolute Gasteiger partial charge is 0.212 e. The molecule has 6 heteroatoms. The van der Waals surface area contributed by atoms with Crippen LogP contribution >= 0.6 is 31.9 Å². The highest BCUT2D eigenvalue weighted by atomic mass is 79.9. The van der Waals surface area contributed by atoms with Crippen LogP contribution in [0.3, 0.4) is 0 Å². The standard InChI is InChI=1S/C13H8Br2N2O2/c14-8-3-1-7(2-4-8)11-12(19-17-13(11)16)9-5-6-10(15)18-9/h1-6H,(H2,16,17). The van der Waals surface area contributed by atoms with Gasteiger partial charge in [-0.1, -0.05) is 33.2 Å². The number of nitrogens with two attached hydrogens (primary N) is 1. The number of benzene rings is 1. The second-order valence-corrected chi connectivity index (χ2v) is 5.58. The molecule has 0 radical (unpaired) electrons. The summed E-state index contributed by atoms with van der Waals surface area (Å²) < 4.78 is 12.4. The average Bonchev–Trinajstić information content (AvgIpc) is 2.97. The molecule has 0 atom stereocenters. The van der Waals surface area contributed by atoms with Crippen LogP contribution in [-0.2, 0) is 0 Å². The first-order valence-electron chi connectivity index (χ1n) is 5.42. The predicted molar refractivity (Wildman–Crippen MR) is 79.5 cm³/mol. The van der Waals surface area contributed by atoms with Crippen molar-refractivity contribution in [2.45, 2.75) is 0 Å². The highest BCUT2D eigenvalue weighted by Crippen LogP contribution is 2.38. The topological polar surface area (TPSA) is 65.2 Å². The van der Waals surface area contributed by atoms with E-state index in [-0.39, 0.29) is 0 Å². The molecule has 0 saturated heterocycles. The lowest BCUT2D eigenvalue weighted by Crippen LogP contribution is -1.88. The number of furan rings is 1. The molecule has 3 rings (SSSR count). The molecule has 2 aromatic heterocycles. The van der Waals surface area contributed by atoms with Gasteiger partial charge in [-0.25, -0.2) is 0 Å². The monoisotopic (exact) mass is 382 g/mol. The molecule has 0 aliphatic heterocycles. The molecule has 2 N–H and O–H groups in total. The Hall–Kier alpha value is -1.53. The summed E-state index contributed by atoms with van der Waals surface area (Å²) in [7, 11) is 0. The molecule has 0 saturated carbocycles. The molecule has 0 bridgehead atoms. The van der Waals surface area contributed by atoms with Gasteiger partial charge in [-0.3, -0.25) is 0 Å². The van der Waals surface area contributed by atoms with Crippen molar-refractivity contribution < 1.29 is 8.94 Å². The summed E-state index contributed by atoms with van der Waals surface area (Å²) >= 11 is 6.66. The van der Waals surface area contributed by atoms with Crippen molar-refractivity contribution in [3.63, 3.8) is 0 Å². The van der Waals surface area contributed by atoms with Crippen molar-refractivity contribution in [1.82, 2.24) is 5.16 Å². The second-order valence-electron chi connectivity index (χ2n) is 3.88. The normalized spacial score (nSPS) is 10.8. The van der Waals surface area contributed by atoms with Gasteiger partial charge in [0.25, 0.3) is 0 Å². The van der Waals surface area contributed by atoms with E-state index in [1.54, 1.807) is 12.1 Å². The molecule has 0 aliphatic rings. The van der Waals surface area contributed by atoms with Crippen molar-refractivity contribution in [2.24, 2.45) is 0 Å². The van der Waals surface area contributed by atoms with Crippen molar-refractivity contribution in [2.75, 3.05) is 5.73 Å². The number of hydrogen-bond donors (Lipinski definition) is 1. The van der Waals surface area contributed by atoms with Gasteiger partial charge in [-0.15, -0.1) is 0 Å². The Balaban J connectivity index is 2.16. The number of anilines is 1. The van der Waals surface area contributed by atoms with Gasteiger partial charge in [0, 0.05) is 4.47 Å². The lowest BCUT2D eigenvalue weighted by atomic mass is 10.1. The van der Waals surface area contributed by atoms with Crippen LogP contribution in [0.1, 0.15) is 0 Å². The molecule has 1 aromatic carbocycles. The molecule has 96 valence electrons. The number of nitrogens with zero attached hydrogens (tertiary/aromatic N) is 1. The van der Waals surface area contributed by atoms with E-state index in [1.165, 1.54) is 0 Å². The summed E-state index contributed by atoms with van der Waals surface area (Å²) in [5.74, 6) is 1.43. The van der Waals surface area contributed by atoms with Crippen molar-refractivity contribution in [3.05, 3.63) is 45.5 Å². The quantitative estimate of drug-likeness (QED) is 0.695. The molecule has 0 unspecified atom stereocenters. The molecule has 2 heterocycles. The van der Waals surface area contributed by atoms with E-state index < -0.39 is 0 Å². The maximum Gasteiger partial charge on any atom is 0.212 e. The summed E-state index contributed by atoms with van der Waals surface area (Å²) in [4.78, 5) is 0. The summed E-state index contributed by atoms with van der Waals surface area (Å²) in [6.45, 7) is 0. The fourth-order valence-electron chi connectivity index (χ4n) is 1.80. The number of aromatic nitrogens is 1. The minimum Gasteiger partial charge on any atom is -0.446 e. The van der Waals surface area contributed by atoms with Crippen LogP contribution in [0.2, 0.25) is 0 Å². The minimum atomic E-state index is 0.338. The third-order valence-corrected chi connectivity index (χ3v) is 3.60. The summed E-state index contributed by atoms with van der Waals surface area (Å²) in [6.07, 6.45) is 0. The third kappa shape index (κ3) is 2.33. The van der Waals surface area contributed by atoms with Gasteiger partial charge in [0.05, 0.1) is 5.56 Å². The van der Waals surface area contributed by atoms with Crippen LogP contribution in [0.25, 0.3) is 22.6 Å². The van der Waals surface area contributed by atoms with Crippen molar-refractivity contribution in [1.29, 1.82) is 0 Å². The highest BCUT2D eigenvalue weighted by molar-refractivity contribution is 9.10. The maximum absolute atomic E-state index is 5.89. The van der Waals surface area contributed by atoms with Crippen LogP contribution in [0.15, 0.2) is 54.5 Å². The van der Waals surface area contributed by atoms with Crippen molar-refractivity contribution in [3.8, 4) is 22.6 Å². The van der Waals surface area contributed by atoms with E-state index in [0.717, 1.165) is 15.6 Å². The zero-order valence-electron chi connectivity index (χ0n) is 9.56. The first-order chi connectivity index (χ1) is 9.15. The molecule has 0 fully saturated rings. The lowest BCUT2D eigenvalue weighted by molar-refractivity contribution is 0.419. The van der Waals surface area contributed by atoms with Crippen LogP contribution in [0.4, 0.5) is 5.82 Å². The van der Waals surface area contributed by atoms with E-state index in [4.69, 9.17) is 14.7 Å². The zero-order valence-corrected chi connectivity index (χ0v) is 12.7. The fraction of sp³-hybridized carbons (Fsp3) is 0. The van der Waals surface area contributed by atoms with Crippen molar-refractivity contribution >= 4 is 37.7 Å². The van der Waals surface area contributed by atoms with Gasteiger partial charge in [0.15, 0.2) is 16.2 Å². The third-order valence-electron chi connectivity index (χ3n) is 2.65. The highest BCUT2D eigenvalue weighted by Gasteiger charge is 2.20. The Kier molecular flexibility index (Phi) is 3.20. The van der Waals surface area contributed by atoms with Crippen LogP contribution in [0.5, 0.6) is 0 Å². The molecule has 0 aliphatic carbocycles. The zero-order chi connectivity index (χ0) is 13.4. The van der Waals surface area contributed by atoms with E-state index in [2.05, 4.69) is 37.0 Å². The molecule has 0 amide bonds. The second kappa shape index (κ2) is 4.86. The summed E-state index contributed by atoms with van der Waals surface area (Å²) in [6, 6.07) is 11.3. The average molecular weight is 384 g/mol. The Labute approximate surface area is 125 Å². The molecule has 4 nitrogen and oxygen atoms in total. The van der Waals surface area contributed by atoms with Gasteiger partial charge < -0.3 is 14.7 Å². The SMILES string of the molecule is Nc1noc(-c2ccc(Br)o2)c1-c1ccc(Br)cc1. The molecule has 0 spiro atoms. The number of rotatable bonds is 2. The Bertz CT molecular complexity index is 717.